The average molecular weight is 597 g/mol. The fourth-order valence-electron chi connectivity index (χ4n) is 4.03. The molecule has 196 valence electrons. The van der Waals surface area contributed by atoms with E-state index in [1.54, 1.807) is 30.3 Å². The molecule has 5 rings (SSSR count). The van der Waals surface area contributed by atoms with Crippen LogP contribution in [0, 0.1) is 0 Å². The number of nitrogens with zero attached hydrogens (tertiary/aromatic N) is 3. The van der Waals surface area contributed by atoms with Crippen molar-refractivity contribution in [3.8, 4) is 5.75 Å². The van der Waals surface area contributed by atoms with Crippen molar-refractivity contribution in [3.05, 3.63) is 117 Å². The summed E-state index contributed by atoms with van der Waals surface area (Å²) in [6.45, 7) is 0. The lowest BCUT2D eigenvalue weighted by atomic mass is 9.95. The van der Waals surface area contributed by atoms with Crippen molar-refractivity contribution in [1.29, 1.82) is 0 Å². The van der Waals surface area contributed by atoms with Crippen molar-refractivity contribution in [3.63, 3.8) is 0 Å². The molecule has 1 aromatic heterocycles. The van der Waals surface area contributed by atoms with Crippen LogP contribution in [0.5, 0.6) is 5.75 Å². The van der Waals surface area contributed by atoms with Gasteiger partial charge >= 0.3 is 0 Å². The second-order valence-electron chi connectivity index (χ2n) is 8.42. The smallest absolute Gasteiger partial charge is 0.296 e. The number of ketones is 1. The predicted molar refractivity (Wildman–Crippen MR) is 154 cm³/mol. The number of allylic oxidation sites excluding steroid dienone is 1. The Morgan fingerprint density at radius 3 is 2.56 bits per heavy atom. The molecule has 0 fully saturated rings. The Hall–Kier alpha value is -3.63. The number of hydrogen-bond acceptors (Lipinski definition) is 8. The second kappa shape index (κ2) is 11.6. The van der Waals surface area contributed by atoms with E-state index in [0.717, 1.165) is 22.5 Å². The predicted octanol–water partition coefficient (Wildman–Crippen LogP) is 7.03. The van der Waals surface area contributed by atoms with Crippen molar-refractivity contribution in [2.45, 2.75) is 16.1 Å². The third-order valence-electron chi connectivity index (χ3n) is 5.85. The SMILES string of the molecule is O=C(/C=C/c1ccccc1)C1=C(O)C(=O)N(c2nnc(SCc3ccc(Cl)cc3Cl)s2)C1c1cccc(O)c1. The molecule has 0 aliphatic carbocycles. The molecule has 0 saturated heterocycles. The Morgan fingerprint density at radius 1 is 1.03 bits per heavy atom. The minimum Gasteiger partial charge on any atom is -0.508 e. The number of rotatable bonds is 8. The van der Waals surface area contributed by atoms with Gasteiger partial charge in [-0.1, -0.05) is 101 Å². The second-order valence-corrected chi connectivity index (χ2v) is 11.4. The number of aliphatic hydroxyl groups excluding tert-OH is 1. The zero-order valence-electron chi connectivity index (χ0n) is 20.0. The van der Waals surface area contributed by atoms with E-state index in [9.17, 15) is 19.8 Å². The van der Waals surface area contributed by atoms with Crippen molar-refractivity contribution >= 4 is 69.2 Å². The third-order valence-corrected chi connectivity index (χ3v) is 8.55. The molecule has 1 unspecified atom stereocenters. The van der Waals surface area contributed by atoms with Gasteiger partial charge in [-0.25, -0.2) is 0 Å². The maximum absolute atomic E-state index is 13.3. The van der Waals surface area contributed by atoms with Gasteiger partial charge in [-0.3, -0.25) is 14.5 Å². The molecule has 0 saturated carbocycles. The van der Waals surface area contributed by atoms with Gasteiger partial charge < -0.3 is 10.2 Å². The van der Waals surface area contributed by atoms with Crippen LogP contribution in [0.4, 0.5) is 5.13 Å². The first-order valence-corrected chi connectivity index (χ1v) is 14.1. The van der Waals surface area contributed by atoms with Crippen LogP contribution in [0.1, 0.15) is 22.7 Å². The maximum Gasteiger partial charge on any atom is 0.296 e. The fraction of sp³-hybridized carbons (Fsp3) is 0.0714. The first-order valence-electron chi connectivity index (χ1n) is 11.5. The molecule has 1 aliphatic heterocycles. The zero-order chi connectivity index (χ0) is 27.5. The fourth-order valence-corrected chi connectivity index (χ4v) is 6.45. The van der Waals surface area contributed by atoms with Crippen LogP contribution in [-0.4, -0.2) is 32.1 Å². The lowest BCUT2D eigenvalue weighted by Crippen LogP contribution is -2.30. The normalized spacial score (nSPS) is 15.5. The van der Waals surface area contributed by atoms with E-state index in [4.69, 9.17) is 23.2 Å². The van der Waals surface area contributed by atoms with Crippen LogP contribution in [-0.2, 0) is 15.3 Å². The van der Waals surface area contributed by atoms with Gasteiger partial charge in [-0.2, -0.15) is 0 Å². The number of anilines is 1. The van der Waals surface area contributed by atoms with Crippen molar-refractivity contribution < 1.29 is 19.8 Å². The molecule has 1 aliphatic rings. The number of aliphatic hydroxyl groups is 1. The Bertz CT molecular complexity index is 1620. The van der Waals surface area contributed by atoms with Crippen molar-refractivity contribution in [2.24, 2.45) is 0 Å². The number of carbonyl (C=O) groups is 2. The summed E-state index contributed by atoms with van der Waals surface area (Å²) >= 11 is 14.8. The molecule has 3 aromatic carbocycles. The van der Waals surface area contributed by atoms with E-state index in [1.807, 2.05) is 36.4 Å². The van der Waals surface area contributed by atoms with Gasteiger partial charge in [0.15, 0.2) is 15.9 Å². The molecular formula is C28H19Cl2N3O4S2. The summed E-state index contributed by atoms with van der Waals surface area (Å²) in [7, 11) is 0. The molecule has 2 heterocycles. The summed E-state index contributed by atoms with van der Waals surface area (Å²) in [6.07, 6.45) is 2.92. The summed E-state index contributed by atoms with van der Waals surface area (Å²) < 4.78 is 0.557. The number of amides is 1. The van der Waals surface area contributed by atoms with Crippen molar-refractivity contribution in [2.75, 3.05) is 4.90 Å². The summed E-state index contributed by atoms with van der Waals surface area (Å²) in [6, 6.07) is 19.6. The summed E-state index contributed by atoms with van der Waals surface area (Å²) in [5.41, 5.74) is 1.96. The van der Waals surface area contributed by atoms with Crippen LogP contribution in [0.15, 0.2) is 94.5 Å². The molecule has 0 bridgehead atoms. The van der Waals surface area contributed by atoms with Gasteiger partial charge in [0.25, 0.3) is 5.91 Å². The van der Waals surface area contributed by atoms with Gasteiger partial charge in [0, 0.05) is 15.8 Å². The van der Waals surface area contributed by atoms with Gasteiger partial charge in [0.05, 0.1) is 11.6 Å². The first kappa shape index (κ1) is 27.0. The Labute approximate surface area is 242 Å². The lowest BCUT2D eigenvalue weighted by Gasteiger charge is -2.23. The van der Waals surface area contributed by atoms with E-state index in [1.165, 1.54) is 34.9 Å². The largest absolute Gasteiger partial charge is 0.508 e. The number of halogens is 2. The minimum absolute atomic E-state index is 0.0498. The quantitative estimate of drug-likeness (QED) is 0.128. The summed E-state index contributed by atoms with van der Waals surface area (Å²) in [5, 5.41) is 30.6. The van der Waals surface area contributed by atoms with Gasteiger partial charge in [0.2, 0.25) is 5.13 Å². The molecule has 2 N–H and O–H groups in total. The number of hydrogen-bond donors (Lipinski definition) is 2. The molecule has 0 radical (unpaired) electrons. The highest BCUT2D eigenvalue weighted by Crippen LogP contribution is 2.44. The Balaban J connectivity index is 1.46. The Kier molecular flexibility index (Phi) is 8.04. The standard InChI is InChI=1S/C28H19Cl2N3O4S2/c29-19-11-10-18(21(30)14-19)15-38-28-32-31-27(39-28)33-24(17-7-4-8-20(34)13-17)23(25(36)26(33)37)22(35)12-9-16-5-2-1-3-6-16/h1-14,24,34,36H,15H2/b12-9+. The highest BCUT2D eigenvalue weighted by Gasteiger charge is 2.45. The highest BCUT2D eigenvalue weighted by atomic mass is 35.5. The molecule has 1 atom stereocenters. The maximum atomic E-state index is 13.3. The third kappa shape index (κ3) is 5.86. The topological polar surface area (TPSA) is 104 Å². The van der Waals surface area contributed by atoms with E-state index in [-0.39, 0.29) is 16.5 Å². The van der Waals surface area contributed by atoms with Gasteiger partial charge in [-0.05, 0) is 47.0 Å². The Morgan fingerprint density at radius 2 is 1.82 bits per heavy atom. The van der Waals surface area contributed by atoms with Crippen LogP contribution in [0.25, 0.3) is 6.08 Å². The highest BCUT2D eigenvalue weighted by molar-refractivity contribution is 8.00. The number of aromatic nitrogens is 2. The molecule has 1 amide bonds. The molecule has 4 aromatic rings. The first-order chi connectivity index (χ1) is 18.8. The molecule has 0 spiro atoms. The van der Waals surface area contributed by atoms with Crippen LogP contribution >= 0.6 is 46.3 Å². The molecule has 39 heavy (non-hydrogen) atoms. The number of phenolic OH excluding ortho intramolecular Hbond substituents is 1. The molecular weight excluding hydrogens is 577 g/mol. The van der Waals surface area contributed by atoms with Crippen LogP contribution in [0.2, 0.25) is 10.0 Å². The monoisotopic (exact) mass is 595 g/mol. The van der Waals surface area contributed by atoms with Crippen molar-refractivity contribution in [1.82, 2.24) is 10.2 Å². The zero-order valence-corrected chi connectivity index (χ0v) is 23.1. The number of carbonyl (C=O) groups excluding carboxylic acids is 2. The van der Waals surface area contributed by atoms with E-state index in [0.29, 0.717) is 25.7 Å². The minimum atomic E-state index is -1.02. The molecule has 7 nitrogen and oxygen atoms in total. The van der Waals surface area contributed by atoms with E-state index < -0.39 is 23.5 Å². The van der Waals surface area contributed by atoms with Gasteiger partial charge in [0.1, 0.15) is 5.75 Å². The number of phenols is 1. The van der Waals surface area contributed by atoms with Crippen LogP contribution in [0.3, 0.4) is 0 Å². The number of benzene rings is 3. The number of thioether (sulfide) groups is 1. The average Bonchev–Trinajstić information content (AvgIpc) is 3.49. The summed E-state index contributed by atoms with van der Waals surface area (Å²) in [4.78, 5) is 27.9. The lowest BCUT2D eigenvalue weighted by molar-refractivity contribution is -0.117. The van der Waals surface area contributed by atoms with E-state index in [2.05, 4.69) is 10.2 Å². The van der Waals surface area contributed by atoms with Crippen LogP contribution < -0.4 is 4.90 Å². The van der Waals surface area contributed by atoms with Gasteiger partial charge in [-0.15, -0.1) is 10.2 Å². The van der Waals surface area contributed by atoms with E-state index >= 15 is 0 Å². The summed E-state index contributed by atoms with van der Waals surface area (Å²) in [5.74, 6) is -1.56. The number of aromatic hydroxyl groups is 1. The molecule has 11 heteroatoms.